The molecule has 0 fully saturated rings. The second-order valence-electron chi connectivity index (χ2n) is 12.7. The zero-order chi connectivity index (χ0) is 34.2. The van der Waals surface area contributed by atoms with Crippen LogP contribution in [-0.4, -0.2) is 52.2 Å². The van der Waals surface area contributed by atoms with Gasteiger partial charge >= 0.3 is 12.2 Å². The number of hydrogen-bond acceptors (Lipinski definition) is 11. The number of carbonyl (C=O) groups excluding carboxylic acids is 2. The summed E-state index contributed by atoms with van der Waals surface area (Å²) in [7, 11) is -3.53. The number of rotatable bonds is 6. The van der Waals surface area contributed by atoms with Gasteiger partial charge in [0, 0.05) is 22.9 Å². The Labute approximate surface area is 266 Å². The number of nitrogens with zero attached hydrogens (tertiary/aromatic N) is 4. The number of ether oxygens (including phenoxy) is 2. The van der Waals surface area contributed by atoms with Crippen molar-refractivity contribution in [3.8, 4) is 34.0 Å². The van der Waals surface area contributed by atoms with E-state index in [9.17, 15) is 22.4 Å². The molecule has 2 aromatic heterocycles. The summed E-state index contributed by atoms with van der Waals surface area (Å²) in [4.78, 5) is 36.7. The lowest BCUT2D eigenvalue weighted by atomic mass is 10.1. The van der Waals surface area contributed by atoms with Gasteiger partial charge < -0.3 is 19.7 Å². The highest BCUT2D eigenvalue weighted by Crippen LogP contribution is 2.35. The van der Waals surface area contributed by atoms with Crippen molar-refractivity contribution in [3.05, 3.63) is 60.5 Å². The first kappa shape index (κ1) is 34.0. The molecule has 46 heavy (non-hydrogen) atoms. The highest BCUT2D eigenvalue weighted by molar-refractivity contribution is 7.92. The first-order valence-corrected chi connectivity index (χ1v) is 15.8. The fourth-order valence-electron chi connectivity index (χ4n) is 4.05. The number of amides is 2. The van der Waals surface area contributed by atoms with Gasteiger partial charge in [-0.2, -0.15) is 4.90 Å². The topological polar surface area (TPSA) is 168 Å². The van der Waals surface area contributed by atoms with Gasteiger partial charge in [0.2, 0.25) is 0 Å². The van der Waals surface area contributed by atoms with Gasteiger partial charge in [0.1, 0.15) is 22.7 Å². The fourth-order valence-corrected chi connectivity index (χ4v) is 5.11. The minimum Gasteiger partial charge on any atom is -0.443 e. The van der Waals surface area contributed by atoms with E-state index in [0.29, 0.717) is 10.5 Å². The maximum Gasteiger partial charge on any atom is 0.425 e. The number of benzene rings is 2. The van der Waals surface area contributed by atoms with Crippen molar-refractivity contribution in [2.24, 2.45) is 0 Å². The monoisotopic (exact) mass is 653 g/mol. The van der Waals surface area contributed by atoms with Gasteiger partial charge in [0.05, 0.1) is 22.0 Å². The molecule has 2 amide bonds. The van der Waals surface area contributed by atoms with E-state index < -0.39 is 44.3 Å². The first-order valence-electron chi connectivity index (χ1n) is 14.3. The van der Waals surface area contributed by atoms with Crippen LogP contribution in [0.1, 0.15) is 55.4 Å². The molecule has 0 atom stereocenters. The van der Waals surface area contributed by atoms with Crippen LogP contribution in [-0.2, 0) is 19.3 Å². The summed E-state index contributed by atoms with van der Waals surface area (Å²) in [5, 5.41) is 3.36. The zero-order valence-corrected chi connectivity index (χ0v) is 27.6. The quantitative estimate of drug-likeness (QED) is 0.212. The van der Waals surface area contributed by atoms with E-state index in [1.807, 2.05) is 0 Å². The summed E-state index contributed by atoms with van der Waals surface area (Å²) in [5.41, 5.74) is 4.61. The van der Waals surface area contributed by atoms with E-state index >= 15 is 0 Å². The minimum absolute atomic E-state index is 0.0768. The number of hydrogen-bond donors (Lipinski definition) is 1. The highest BCUT2D eigenvalue weighted by Gasteiger charge is 2.37. The summed E-state index contributed by atoms with van der Waals surface area (Å²) in [6, 6.07) is 11.4. The first-order chi connectivity index (χ1) is 21.3. The average molecular weight is 654 g/mol. The zero-order valence-electron chi connectivity index (χ0n) is 26.8. The van der Waals surface area contributed by atoms with Crippen molar-refractivity contribution in [1.29, 1.82) is 0 Å². The van der Waals surface area contributed by atoms with E-state index in [1.165, 1.54) is 36.5 Å². The smallest absolute Gasteiger partial charge is 0.425 e. The maximum atomic E-state index is 14.8. The molecule has 0 bridgehead atoms. The third kappa shape index (κ3) is 7.68. The SMILES string of the molecule is CC(C)S(=O)(=O)c1ccc(-c2cnc(N(C(=O)OC(C)(C)C)C(=O)OC(C)(C)C)c(-c3cc(-c4ccc(N)cc4F)no3)n2)cc1. The van der Waals surface area contributed by atoms with Crippen molar-refractivity contribution >= 4 is 33.5 Å². The molecule has 14 heteroatoms. The number of carbonyl (C=O) groups is 2. The van der Waals surface area contributed by atoms with Gasteiger partial charge in [0.25, 0.3) is 0 Å². The van der Waals surface area contributed by atoms with E-state index in [0.717, 1.165) is 6.07 Å². The number of anilines is 2. The lowest BCUT2D eigenvalue weighted by Gasteiger charge is -2.28. The Hall–Kier alpha value is -4.85. The van der Waals surface area contributed by atoms with E-state index in [4.69, 9.17) is 19.7 Å². The molecule has 2 N–H and O–H groups in total. The Morgan fingerprint density at radius 1 is 0.913 bits per heavy atom. The van der Waals surface area contributed by atoms with Crippen LogP contribution in [0.2, 0.25) is 0 Å². The third-order valence-corrected chi connectivity index (χ3v) is 8.40. The molecule has 0 saturated heterocycles. The summed E-state index contributed by atoms with van der Waals surface area (Å²) >= 11 is 0. The Kier molecular flexibility index (Phi) is 9.25. The molecule has 244 valence electrons. The fraction of sp³-hybridized carbons (Fsp3) is 0.344. The molecule has 2 aromatic carbocycles. The second kappa shape index (κ2) is 12.5. The van der Waals surface area contributed by atoms with Crippen LogP contribution in [0.4, 0.5) is 25.5 Å². The molecule has 0 spiro atoms. The van der Waals surface area contributed by atoms with Gasteiger partial charge in [-0.1, -0.05) is 17.3 Å². The maximum absolute atomic E-state index is 14.8. The largest absolute Gasteiger partial charge is 0.443 e. The van der Waals surface area contributed by atoms with Crippen LogP contribution in [0.5, 0.6) is 0 Å². The Bertz CT molecular complexity index is 1850. The summed E-state index contributed by atoms with van der Waals surface area (Å²) in [5.74, 6) is -1.04. The molecule has 0 unspecified atom stereocenters. The number of imide groups is 1. The molecule has 4 aromatic rings. The van der Waals surface area contributed by atoms with Crippen LogP contribution >= 0.6 is 0 Å². The minimum atomic E-state index is -3.53. The molecule has 2 heterocycles. The van der Waals surface area contributed by atoms with Gasteiger partial charge in [-0.3, -0.25) is 0 Å². The van der Waals surface area contributed by atoms with Gasteiger partial charge in [-0.15, -0.1) is 0 Å². The normalized spacial score (nSPS) is 12.2. The van der Waals surface area contributed by atoms with Crippen molar-refractivity contribution in [2.45, 2.75) is 76.7 Å². The van der Waals surface area contributed by atoms with E-state index in [1.54, 1.807) is 67.5 Å². The molecular formula is C32H36FN5O7S. The summed E-state index contributed by atoms with van der Waals surface area (Å²) < 4.78 is 56.7. The van der Waals surface area contributed by atoms with E-state index in [-0.39, 0.29) is 44.8 Å². The molecule has 0 aliphatic carbocycles. The van der Waals surface area contributed by atoms with Gasteiger partial charge in [-0.25, -0.2) is 32.4 Å². The number of nitrogen functional groups attached to an aromatic ring is 1. The Morgan fingerprint density at radius 3 is 2.02 bits per heavy atom. The highest BCUT2D eigenvalue weighted by atomic mass is 32.2. The standard InChI is InChI=1S/C32H36FN5O7S/c1-18(2)46(41,42)21-12-9-19(10-13-21)25-17-35-28(38(29(39)43-31(3,4)5)30(40)44-32(6,7)8)27(36-25)26-16-24(37-45-26)22-14-11-20(34)15-23(22)33/h9-18H,34H2,1-8H3. The number of halogens is 1. The Balaban J connectivity index is 1.92. The molecule has 12 nitrogen and oxygen atoms in total. The van der Waals surface area contributed by atoms with Crippen LogP contribution in [0.3, 0.4) is 0 Å². The number of sulfone groups is 1. The Morgan fingerprint density at radius 2 is 1.50 bits per heavy atom. The molecule has 0 aliphatic heterocycles. The van der Waals surface area contributed by atoms with Crippen LogP contribution in [0.25, 0.3) is 34.0 Å². The summed E-state index contributed by atoms with van der Waals surface area (Å²) in [6.07, 6.45) is -0.904. The van der Waals surface area contributed by atoms with Crippen LogP contribution in [0.15, 0.2) is 64.1 Å². The second-order valence-corrected chi connectivity index (χ2v) is 15.2. The predicted molar refractivity (Wildman–Crippen MR) is 170 cm³/mol. The van der Waals surface area contributed by atoms with Crippen molar-refractivity contribution in [1.82, 2.24) is 15.1 Å². The predicted octanol–water partition coefficient (Wildman–Crippen LogP) is 7.05. The van der Waals surface area contributed by atoms with Gasteiger partial charge in [0.15, 0.2) is 27.1 Å². The van der Waals surface area contributed by atoms with Crippen molar-refractivity contribution < 1.29 is 36.4 Å². The number of aromatic nitrogens is 3. The third-order valence-electron chi connectivity index (χ3n) is 6.23. The molecule has 0 aliphatic rings. The van der Waals surface area contributed by atoms with Crippen molar-refractivity contribution in [2.75, 3.05) is 10.6 Å². The lowest BCUT2D eigenvalue weighted by molar-refractivity contribution is 0.0429. The van der Waals surface area contributed by atoms with E-state index in [2.05, 4.69) is 15.1 Å². The molecule has 4 rings (SSSR count). The van der Waals surface area contributed by atoms with Crippen LogP contribution < -0.4 is 10.6 Å². The molecule has 0 radical (unpaired) electrons. The number of nitrogens with two attached hydrogens (primary N) is 1. The van der Waals surface area contributed by atoms with Gasteiger partial charge in [-0.05, 0) is 85.7 Å². The average Bonchev–Trinajstić information content (AvgIpc) is 3.41. The lowest BCUT2D eigenvalue weighted by Crippen LogP contribution is -2.44. The molecule has 0 saturated carbocycles. The molecular weight excluding hydrogens is 617 g/mol. The van der Waals surface area contributed by atoms with Crippen molar-refractivity contribution in [3.63, 3.8) is 0 Å². The summed E-state index contributed by atoms with van der Waals surface area (Å²) in [6.45, 7) is 12.9. The van der Waals surface area contributed by atoms with Crippen LogP contribution in [0, 0.1) is 5.82 Å².